The van der Waals surface area contributed by atoms with Gasteiger partial charge in [-0.2, -0.15) is 4.98 Å². The quantitative estimate of drug-likeness (QED) is 0.512. The van der Waals surface area contributed by atoms with E-state index in [1.807, 2.05) is 13.8 Å². The molecule has 3 rings (SSSR count). The van der Waals surface area contributed by atoms with Crippen LogP contribution in [0.25, 0.3) is 0 Å². The number of nitrogen functional groups attached to an aromatic ring is 1. The molecule has 26 heavy (non-hydrogen) atoms. The second-order valence-corrected chi connectivity index (χ2v) is 9.96. The van der Waals surface area contributed by atoms with E-state index in [4.69, 9.17) is 5.73 Å². The van der Waals surface area contributed by atoms with Crippen molar-refractivity contribution in [3.8, 4) is 0 Å². The van der Waals surface area contributed by atoms with Crippen molar-refractivity contribution in [2.24, 2.45) is 0 Å². The standard InChI is InChI=1S/C15H24N6O3S2/c1-10(2)3-4-20-5-6-21(12-9-26(23,24)8-11(12)20)13(22)7-25-15-17-14(16)18-19-15/h3,11-12H,4-9H2,1-2H3,(H3,16,17,18,19)/t11-,12+/m1/s1. The van der Waals surface area contributed by atoms with E-state index in [-0.39, 0.29) is 41.2 Å². The van der Waals surface area contributed by atoms with Crippen molar-refractivity contribution in [1.82, 2.24) is 25.0 Å². The molecule has 3 N–H and O–H groups in total. The number of aromatic nitrogens is 3. The second-order valence-electron chi connectivity index (χ2n) is 6.87. The highest BCUT2D eigenvalue weighted by Gasteiger charge is 2.47. The predicted octanol–water partition coefficient (Wildman–Crippen LogP) is -0.245. The van der Waals surface area contributed by atoms with E-state index in [1.165, 1.54) is 17.3 Å². The molecule has 0 radical (unpaired) electrons. The summed E-state index contributed by atoms with van der Waals surface area (Å²) in [5, 5.41) is 6.83. The lowest BCUT2D eigenvalue weighted by atomic mass is 10.0. The van der Waals surface area contributed by atoms with E-state index in [0.29, 0.717) is 24.8 Å². The van der Waals surface area contributed by atoms with E-state index in [9.17, 15) is 13.2 Å². The lowest BCUT2D eigenvalue weighted by Crippen LogP contribution is -2.60. The number of hydrogen-bond donors (Lipinski definition) is 2. The van der Waals surface area contributed by atoms with Gasteiger partial charge in [-0.3, -0.25) is 9.69 Å². The Labute approximate surface area is 157 Å². The van der Waals surface area contributed by atoms with E-state index in [0.717, 1.165) is 0 Å². The average Bonchev–Trinajstić information content (AvgIpc) is 3.11. The number of aromatic amines is 1. The van der Waals surface area contributed by atoms with Gasteiger partial charge in [0.05, 0.1) is 23.3 Å². The number of allylic oxidation sites excluding steroid dienone is 1. The zero-order chi connectivity index (χ0) is 18.9. The Morgan fingerprint density at radius 1 is 1.35 bits per heavy atom. The van der Waals surface area contributed by atoms with Gasteiger partial charge in [-0.05, 0) is 13.8 Å². The molecule has 2 aliphatic heterocycles. The molecule has 2 saturated heterocycles. The lowest BCUT2D eigenvalue weighted by Gasteiger charge is -2.43. The van der Waals surface area contributed by atoms with Gasteiger partial charge in [0.1, 0.15) is 0 Å². The molecule has 1 amide bonds. The minimum Gasteiger partial charge on any atom is -0.368 e. The van der Waals surface area contributed by atoms with Gasteiger partial charge >= 0.3 is 0 Å². The summed E-state index contributed by atoms with van der Waals surface area (Å²) < 4.78 is 24.4. The molecule has 1 aromatic rings. The Morgan fingerprint density at radius 3 is 2.73 bits per heavy atom. The maximum atomic E-state index is 12.7. The molecule has 2 atom stereocenters. The van der Waals surface area contributed by atoms with Crippen LogP contribution in [0.4, 0.5) is 5.95 Å². The van der Waals surface area contributed by atoms with Crippen molar-refractivity contribution in [2.45, 2.75) is 31.1 Å². The third-order valence-electron chi connectivity index (χ3n) is 4.65. The van der Waals surface area contributed by atoms with Crippen molar-refractivity contribution in [3.63, 3.8) is 0 Å². The molecule has 2 aliphatic rings. The first kappa shape index (κ1) is 19.2. The maximum absolute atomic E-state index is 12.7. The zero-order valence-electron chi connectivity index (χ0n) is 14.9. The molecule has 0 bridgehead atoms. The minimum absolute atomic E-state index is 0.0347. The van der Waals surface area contributed by atoms with Gasteiger partial charge in [0.15, 0.2) is 9.84 Å². The molecular weight excluding hydrogens is 376 g/mol. The Balaban J connectivity index is 1.68. The Morgan fingerprint density at radius 2 is 2.08 bits per heavy atom. The van der Waals surface area contributed by atoms with Gasteiger partial charge < -0.3 is 10.6 Å². The van der Waals surface area contributed by atoms with E-state index in [2.05, 4.69) is 26.2 Å². The first-order valence-electron chi connectivity index (χ1n) is 8.43. The number of anilines is 1. The smallest absolute Gasteiger partial charge is 0.233 e. The van der Waals surface area contributed by atoms with Crippen molar-refractivity contribution in [1.29, 1.82) is 0 Å². The number of nitrogens with one attached hydrogen (secondary N) is 1. The third-order valence-corrected chi connectivity index (χ3v) is 7.18. The summed E-state index contributed by atoms with van der Waals surface area (Å²) >= 11 is 1.19. The SMILES string of the molecule is CC(C)=CCN1CCN(C(=O)CSc2n[nH]c(N)n2)[C@H]2CS(=O)(=O)C[C@H]21. The number of nitrogens with two attached hydrogens (primary N) is 1. The number of nitrogens with zero attached hydrogens (tertiary/aromatic N) is 4. The van der Waals surface area contributed by atoms with Gasteiger partial charge in [0.25, 0.3) is 0 Å². The van der Waals surface area contributed by atoms with Crippen molar-refractivity contribution >= 4 is 33.5 Å². The molecule has 0 aliphatic carbocycles. The highest BCUT2D eigenvalue weighted by molar-refractivity contribution is 7.99. The number of fused-ring (bicyclic) bond motifs is 1. The van der Waals surface area contributed by atoms with E-state index in [1.54, 1.807) is 4.90 Å². The zero-order valence-corrected chi connectivity index (χ0v) is 16.5. The van der Waals surface area contributed by atoms with Gasteiger partial charge in [-0.15, -0.1) is 5.10 Å². The fraction of sp³-hybridized carbons (Fsp3) is 0.667. The summed E-state index contributed by atoms with van der Waals surface area (Å²) in [6.07, 6.45) is 2.10. The number of H-pyrrole nitrogens is 1. The van der Waals surface area contributed by atoms with Gasteiger partial charge in [0.2, 0.25) is 17.0 Å². The van der Waals surface area contributed by atoms with E-state index >= 15 is 0 Å². The molecule has 0 saturated carbocycles. The van der Waals surface area contributed by atoms with Crippen LogP contribution >= 0.6 is 11.8 Å². The van der Waals surface area contributed by atoms with Gasteiger partial charge in [-0.25, -0.2) is 13.5 Å². The summed E-state index contributed by atoms with van der Waals surface area (Å²) in [7, 11) is -3.14. The topological polar surface area (TPSA) is 125 Å². The van der Waals surface area contributed by atoms with Gasteiger partial charge in [-0.1, -0.05) is 23.4 Å². The van der Waals surface area contributed by atoms with Crippen molar-refractivity contribution in [2.75, 3.05) is 42.6 Å². The molecule has 1 aromatic heterocycles. The van der Waals surface area contributed by atoms with Crippen LogP contribution in [0.15, 0.2) is 16.8 Å². The second kappa shape index (κ2) is 7.57. The van der Waals surface area contributed by atoms with Crippen LogP contribution in [-0.4, -0.2) is 88.3 Å². The molecule has 0 aromatic carbocycles. The molecule has 0 unspecified atom stereocenters. The molecule has 144 valence electrons. The highest BCUT2D eigenvalue weighted by Crippen LogP contribution is 2.28. The van der Waals surface area contributed by atoms with Crippen LogP contribution in [0.2, 0.25) is 0 Å². The summed E-state index contributed by atoms with van der Waals surface area (Å²) in [6, 6.07) is -0.429. The largest absolute Gasteiger partial charge is 0.368 e. The number of rotatable bonds is 5. The summed E-state index contributed by atoms with van der Waals surface area (Å²) in [5.74, 6) is 0.423. The first-order valence-corrected chi connectivity index (χ1v) is 11.2. The fourth-order valence-electron chi connectivity index (χ4n) is 3.39. The van der Waals surface area contributed by atoms with Crippen LogP contribution in [0.3, 0.4) is 0 Å². The average molecular weight is 401 g/mol. The van der Waals surface area contributed by atoms with Crippen LogP contribution in [0.5, 0.6) is 0 Å². The number of piperazine rings is 1. The van der Waals surface area contributed by atoms with Gasteiger partial charge in [0, 0.05) is 25.7 Å². The Hall–Kier alpha value is -1.59. The van der Waals surface area contributed by atoms with E-state index < -0.39 is 9.84 Å². The van der Waals surface area contributed by atoms with Crippen LogP contribution in [0.1, 0.15) is 13.8 Å². The lowest BCUT2D eigenvalue weighted by molar-refractivity contribution is -0.133. The fourth-order valence-corrected chi connectivity index (χ4v) is 6.10. The number of hydrogen-bond acceptors (Lipinski definition) is 8. The number of thioether (sulfide) groups is 1. The normalized spacial score (nSPS) is 25.1. The molecule has 9 nitrogen and oxygen atoms in total. The van der Waals surface area contributed by atoms with Crippen LogP contribution in [-0.2, 0) is 14.6 Å². The summed E-state index contributed by atoms with van der Waals surface area (Å²) in [4.78, 5) is 20.5. The Bertz CT molecular complexity index is 802. The molecular formula is C15H24N6O3S2. The van der Waals surface area contributed by atoms with Crippen LogP contribution in [0, 0.1) is 0 Å². The van der Waals surface area contributed by atoms with Crippen LogP contribution < -0.4 is 5.73 Å². The first-order chi connectivity index (χ1) is 12.2. The molecule has 0 spiro atoms. The number of carbonyl (C=O) groups excluding carboxylic acids is 1. The molecule has 11 heteroatoms. The monoisotopic (exact) mass is 400 g/mol. The van der Waals surface area contributed by atoms with Crippen molar-refractivity contribution in [3.05, 3.63) is 11.6 Å². The number of sulfone groups is 1. The van der Waals surface area contributed by atoms with Crippen molar-refractivity contribution < 1.29 is 13.2 Å². The number of amides is 1. The summed E-state index contributed by atoms with van der Waals surface area (Å²) in [6.45, 7) is 5.96. The number of carbonyl (C=O) groups is 1. The maximum Gasteiger partial charge on any atom is 0.233 e. The Kier molecular flexibility index (Phi) is 5.58. The molecule has 3 heterocycles. The molecule has 2 fully saturated rings. The minimum atomic E-state index is -3.14. The highest BCUT2D eigenvalue weighted by atomic mass is 32.2. The predicted molar refractivity (Wildman–Crippen MR) is 100 cm³/mol. The summed E-state index contributed by atoms with van der Waals surface area (Å²) in [5.41, 5.74) is 6.68. The third kappa shape index (κ3) is 4.38.